The van der Waals surface area contributed by atoms with Gasteiger partial charge in [-0.05, 0) is 37.3 Å². The maximum absolute atomic E-state index is 13.5. The van der Waals surface area contributed by atoms with Crippen molar-refractivity contribution in [3.8, 4) is 5.75 Å². The lowest BCUT2D eigenvalue weighted by Gasteiger charge is -2.10. The Balaban J connectivity index is 2.36. The molecule has 5 nitrogen and oxygen atoms in total. The van der Waals surface area contributed by atoms with Crippen LogP contribution in [0.1, 0.15) is 18.4 Å². The number of rotatable bonds is 4. The molecule has 0 bridgehead atoms. The third kappa shape index (κ3) is 2.83. The number of nitro groups is 1. The van der Waals surface area contributed by atoms with E-state index in [4.69, 9.17) is 4.74 Å². The predicted octanol–water partition coefficient (Wildman–Crippen LogP) is 2.81. The minimum Gasteiger partial charge on any atom is -0.488 e. The van der Waals surface area contributed by atoms with Gasteiger partial charge in [-0.1, -0.05) is 0 Å². The van der Waals surface area contributed by atoms with Gasteiger partial charge in [0.15, 0.2) is 5.82 Å². The smallest absolute Gasteiger partial charge is 0.321 e. The van der Waals surface area contributed by atoms with Gasteiger partial charge in [0, 0.05) is 13.1 Å². The van der Waals surface area contributed by atoms with Crippen LogP contribution in [0.3, 0.4) is 0 Å². The molecule has 0 N–H and O–H groups in total. The number of likely N-dealkylation sites (tertiary alicyclic amines) is 1. The highest BCUT2D eigenvalue weighted by molar-refractivity contribution is 5.66. The quantitative estimate of drug-likeness (QED) is 0.621. The number of methoxy groups -OCH3 is 1. The third-order valence-electron chi connectivity index (χ3n) is 3.11. The second-order valence-electron chi connectivity index (χ2n) is 4.33. The van der Waals surface area contributed by atoms with Gasteiger partial charge in [0.25, 0.3) is 0 Å². The van der Waals surface area contributed by atoms with Gasteiger partial charge in [-0.2, -0.15) is 0 Å². The van der Waals surface area contributed by atoms with Gasteiger partial charge < -0.3 is 9.64 Å². The van der Waals surface area contributed by atoms with Crippen LogP contribution in [0.5, 0.6) is 5.75 Å². The summed E-state index contributed by atoms with van der Waals surface area (Å²) in [7, 11) is 1.22. The van der Waals surface area contributed by atoms with Crippen molar-refractivity contribution >= 4 is 11.8 Å². The normalized spacial score (nSPS) is 15.2. The first kappa shape index (κ1) is 13.3. The lowest BCUT2D eigenvalue weighted by atomic mass is 10.1. The number of hydrogen-bond acceptors (Lipinski definition) is 4. The summed E-state index contributed by atoms with van der Waals surface area (Å²) < 4.78 is 18.3. The van der Waals surface area contributed by atoms with Crippen molar-refractivity contribution in [1.82, 2.24) is 4.90 Å². The van der Waals surface area contributed by atoms with E-state index < -0.39 is 10.7 Å². The van der Waals surface area contributed by atoms with Gasteiger partial charge >= 0.3 is 5.69 Å². The summed E-state index contributed by atoms with van der Waals surface area (Å²) in [6, 6.07) is 2.57. The number of nitro benzene ring substituents is 1. The minimum absolute atomic E-state index is 0.325. The highest BCUT2D eigenvalue weighted by Gasteiger charge is 2.23. The van der Waals surface area contributed by atoms with E-state index >= 15 is 0 Å². The molecule has 2 rings (SSSR count). The average molecular weight is 266 g/mol. The molecule has 1 aromatic carbocycles. The number of ether oxygens (including phenoxy) is 1. The number of hydrogen-bond donors (Lipinski definition) is 0. The van der Waals surface area contributed by atoms with E-state index in [9.17, 15) is 14.5 Å². The second-order valence-corrected chi connectivity index (χ2v) is 4.33. The summed E-state index contributed by atoms with van der Waals surface area (Å²) >= 11 is 0. The molecule has 1 aromatic rings. The molecule has 102 valence electrons. The molecular weight excluding hydrogens is 251 g/mol. The summed E-state index contributed by atoms with van der Waals surface area (Å²) in [4.78, 5) is 12.5. The van der Waals surface area contributed by atoms with E-state index in [2.05, 4.69) is 4.90 Å². The van der Waals surface area contributed by atoms with Gasteiger partial charge in [-0.15, -0.1) is 0 Å². The lowest BCUT2D eigenvalue weighted by Crippen LogP contribution is -2.10. The van der Waals surface area contributed by atoms with E-state index in [1.54, 1.807) is 6.08 Å². The molecule has 0 amide bonds. The van der Waals surface area contributed by atoms with Crippen LogP contribution >= 0.6 is 0 Å². The van der Waals surface area contributed by atoms with E-state index in [1.807, 2.05) is 6.20 Å². The van der Waals surface area contributed by atoms with Crippen LogP contribution in [0.4, 0.5) is 10.1 Å². The molecular formula is C13H15FN2O3. The molecule has 0 spiro atoms. The fourth-order valence-electron chi connectivity index (χ4n) is 2.16. The molecule has 0 atom stereocenters. The number of halogens is 1. The SMILES string of the molecule is COc1c(F)ccc(/C=C/N2CCCC2)c1[N+](=O)[O-]. The zero-order valence-corrected chi connectivity index (χ0v) is 10.6. The summed E-state index contributed by atoms with van der Waals surface area (Å²) in [5, 5.41) is 11.1. The Bertz CT molecular complexity index is 511. The monoisotopic (exact) mass is 266 g/mol. The van der Waals surface area contributed by atoms with Gasteiger partial charge in [-0.3, -0.25) is 10.1 Å². The molecule has 6 heteroatoms. The highest BCUT2D eigenvalue weighted by Crippen LogP contribution is 2.34. The number of benzene rings is 1. The Morgan fingerprint density at radius 1 is 1.42 bits per heavy atom. The van der Waals surface area contributed by atoms with E-state index in [0.717, 1.165) is 25.9 Å². The first-order valence-corrected chi connectivity index (χ1v) is 6.06. The molecule has 0 radical (unpaired) electrons. The van der Waals surface area contributed by atoms with Crippen LogP contribution in [0.25, 0.3) is 6.08 Å². The van der Waals surface area contributed by atoms with Crippen molar-refractivity contribution in [2.24, 2.45) is 0 Å². The van der Waals surface area contributed by atoms with Crippen molar-refractivity contribution in [3.63, 3.8) is 0 Å². The summed E-state index contributed by atoms with van der Waals surface area (Å²) in [5.74, 6) is -1.05. The zero-order chi connectivity index (χ0) is 13.8. The van der Waals surface area contributed by atoms with E-state index in [0.29, 0.717) is 5.56 Å². The van der Waals surface area contributed by atoms with Crippen molar-refractivity contribution in [2.45, 2.75) is 12.8 Å². The molecule has 0 aromatic heterocycles. The van der Waals surface area contributed by atoms with Gasteiger partial charge in [-0.25, -0.2) is 4.39 Å². The van der Waals surface area contributed by atoms with E-state index in [-0.39, 0.29) is 11.4 Å². The highest BCUT2D eigenvalue weighted by atomic mass is 19.1. The molecule has 1 aliphatic rings. The maximum atomic E-state index is 13.5. The first-order valence-electron chi connectivity index (χ1n) is 6.06. The Labute approximate surface area is 110 Å². The average Bonchev–Trinajstić information content (AvgIpc) is 2.89. The van der Waals surface area contributed by atoms with Crippen LogP contribution in [0.15, 0.2) is 18.3 Å². The van der Waals surface area contributed by atoms with E-state index in [1.165, 1.54) is 19.2 Å². The molecule has 0 unspecified atom stereocenters. The molecule has 19 heavy (non-hydrogen) atoms. The van der Waals surface area contributed by atoms with Gasteiger partial charge in [0.05, 0.1) is 17.6 Å². The molecule has 1 heterocycles. The van der Waals surface area contributed by atoms with Gasteiger partial charge in [0.1, 0.15) is 0 Å². The Kier molecular flexibility index (Phi) is 3.99. The first-order chi connectivity index (χ1) is 9.13. The van der Waals surface area contributed by atoms with Crippen molar-refractivity contribution in [1.29, 1.82) is 0 Å². The fraction of sp³-hybridized carbons (Fsp3) is 0.385. The number of nitrogens with zero attached hydrogens (tertiary/aromatic N) is 2. The molecule has 1 fully saturated rings. The van der Waals surface area contributed by atoms with Crippen LogP contribution in [-0.2, 0) is 0 Å². The van der Waals surface area contributed by atoms with Crippen LogP contribution in [-0.4, -0.2) is 30.0 Å². The van der Waals surface area contributed by atoms with Crippen LogP contribution < -0.4 is 4.74 Å². The molecule has 1 saturated heterocycles. The lowest BCUT2D eigenvalue weighted by molar-refractivity contribution is -0.386. The largest absolute Gasteiger partial charge is 0.488 e. The molecule has 0 saturated carbocycles. The van der Waals surface area contributed by atoms with Crippen molar-refractivity contribution < 1.29 is 14.1 Å². The Morgan fingerprint density at radius 2 is 2.11 bits per heavy atom. The van der Waals surface area contributed by atoms with Crippen LogP contribution in [0, 0.1) is 15.9 Å². The summed E-state index contributed by atoms with van der Waals surface area (Å²) in [6.07, 6.45) is 5.69. The van der Waals surface area contributed by atoms with Crippen molar-refractivity contribution in [3.05, 3.63) is 39.8 Å². The minimum atomic E-state index is -0.729. The predicted molar refractivity (Wildman–Crippen MR) is 69.4 cm³/mol. The topological polar surface area (TPSA) is 55.6 Å². The molecule has 0 aliphatic carbocycles. The maximum Gasteiger partial charge on any atom is 0.321 e. The standard InChI is InChI=1S/C13H15FN2O3/c1-19-13-11(14)5-4-10(12(13)16(17)18)6-9-15-7-2-3-8-15/h4-6,9H,2-3,7-8H2,1H3/b9-6+. The zero-order valence-electron chi connectivity index (χ0n) is 10.6. The van der Waals surface area contributed by atoms with Gasteiger partial charge in [0.2, 0.25) is 5.75 Å². The Hall–Kier alpha value is -2.11. The van der Waals surface area contributed by atoms with Crippen molar-refractivity contribution in [2.75, 3.05) is 20.2 Å². The molecule has 1 aliphatic heterocycles. The third-order valence-corrected chi connectivity index (χ3v) is 3.11. The summed E-state index contributed by atoms with van der Waals surface area (Å²) in [6.45, 7) is 1.89. The second kappa shape index (κ2) is 5.69. The fourth-order valence-corrected chi connectivity index (χ4v) is 2.16. The Morgan fingerprint density at radius 3 is 2.68 bits per heavy atom. The summed E-state index contributed by atoms with van der Waals surface area (Å²) in [5.41, 5.74) is 0.00750. The van der Waals surface area contributed by atoms with Crippen LogP contribution in [0.2, 0.25) is 0 Å².